The Hall–Kier alpha value is -1.83. The number of carbonyl (C=O) groups excluding carboxylic acids is 1. The highest BCUT2D eigenvalue weighted by atomic mass is 19.4. The second-order valence-electron chi connectivity index (χ2n) is 6.08. The van der Waals surface area contributed by atoms with Gasteiger partial charge in [-0.2, -0.15) is 13.2 Å². The van der Waals surface area contributed by atoms with Gasteiger partial charge in [-0.3, -0.25) is 4.79 Å². The van der Waals surface area contributed by atoms with Crippen molar-refractivity contribution in [2.75, 3.05) is 24.6 Å². The van der Waals surface area contributed by atoms with E-state index in [0.717, 1.165) is 6.07 Å². The van der Waals surface area contributed by atoms with Crippen LogP contribution < -0.4 is 10.2 Å². The minimum Gasteiger partial charge on any atom is -0.396 e. The minimum atomic E-state index is -4.48. The van der Waals surface area contributed by atoms with Crippen molar-refractivity contribution in [1.29, 1.82) is 0 Å². The van der Waals surface area contributed by atoms with Crippen LogP contribution in [0, 0.1) is 5.92 Å². The SMILES string of the molecule is CC(CCO)NC(=O)C1CCCN(c2ncccc2C(F)(F)F)C1. The first kappa shape index (κ1) is 18.5. The molecule has 0 aliphatic carbocycles. The van der Waals surface area contributed by atoms with E-state index >= 15 is 0 Å². The van der Waals surface area contributed by atoms with Crippen molar-refractivity contribution < 1.29 is 23.1 Å². The highest BCUT2D eigenvalue weighted by Crippen LogP contribution is 2.36. The molecule has 1 aliphatic rings. The van der Waals surface area contributed by atoms with Gasteiger partial charge in [0.2, 0.25) is 5.91 Å². The number of nitrogens with one attached hydrogen (secondary N) is 1. The number of halogens is 3. The van der Waals surface area contributed by atoms with E-state index in [1.54, 1.807) is 6.92 Å². The fourth-order valence-corrected chi connectivity index (χ4v) is 2.88. The van der Waals surface area contributed by atoms with Gasteiger partial charge in [0.1, 0.15) is 5.82 Å². The van der Waals surface area contributed by atoms with Crippen LogP contribution in [0.4, 0.5) is 19.0 Å². The van der Waals surface area contributed by atoms with E-state index in [9.17, 15) is 18.0 Å². The van der Waals surface area contributed by atoms with Crippen LogP contribution in [-0.4, -0.2) is 41.7 Å². The van der Waals surface area contributed by atoms with E-state index in [4.69, 9.17) is 5.11 Å². The Morgan fingerprint density at radius 2 is 2.29 bits per heavy atom. The smallest absolute Gasteiger partial charge is 0.396 e. The first-order valence-electron chi connectivity index (χ1n) is 8.01. The van der Waals surface area contributed by atoms with Crippen LogP contribution in [0.3, 0.4) is 0 Å². The van der Waals surface area contributed by atoms with Crippen LogP contribution in [-0.2, 0) is 11.0 Å². The Bertz CT molecular complexity index is 566. The minimum absolute atomic E-state index is 0.0267. The largest absolute Gasteiger partial charge is 0.419 e. The van der Waals surface area contributed by atoms with Gasteiger partial charge in [-0.25, -0.2) is 4.98 Å². The highest BCUT2D eigenvalue weighted by molar-refractivity contribution is 5.79. The van der Waals surface area contributed by atoms with Crippen LogP contribution in [0.25, 0.3) is 0 Å². The van der Waals surface area contributed by atoms with Crippen molar-refractivity contribution in [1.82, 2.24) is 10.3 Å². The maximum absolute atomic E-state index is 13.1. The van der Waals surface area contributed by atoms with Gasteiger partial charge < -0.3 is 15.3 Å². The normalized spacial score (nSPS) is 19.9. The number of aliphatic hydroxyl groups excluding tert-OH is 1. The second kappa shape index (κ2) is 7.83. The summed E-state index contributed by atoms with van der Waals surface area (Å²) in [6, 6.07) is 2.10. The van der Waals surface area contributed by atoms with Crippen molar-refractivity contribution in [3.63, 3.8) is 0 Å². The molecule has 5 nitrogen and oxygen atoms in total. The molecule has 2 heterocycles. The zero-order valence-electron chi connectivity index (χ0n) is 13.5. The zero-order chi connectivity index (χ0) is 17.7. The average Bonchev–Trinajstić information content (AvgIpc) is 2.54. The first-order valence-corrected chi connectivity index (χ1v) is 8.01. The summed E-state index contributed by atoms with van der Waals surface area (Å²) in [6.45, 7) is 2.41. The molecule has 1 aromatic rings. The summed E-state index contributed by atoms with van der Waals surface area (Å²) in [5.74, 6) is -0.695. The molecule has 2 atom stereocenters. The molecule has 0 aromatic carbocycles. The summed E-state index contributed by atoms with van der Waals surface area (Å²) < 4.78 is 39.4. The fourth-order valence-electron chi connectivity index (χ4n) is 2.88. The third-order valence-corrected chi connectivity index (χ3v) is 4.13. The predicted molar refractivity (Wildman–Crippen MR) is 83.5 cm³/mol. The Morgan fingerprint density at radius 3 is 2.96 bits per heavy atom. The monoisotopic (exact) mass is 345 g/mol. The van der Waals surface area contributed by atoms with Crippen molar-refractivity contribution in [3.05, 3.63) is 23.9 Å². The number of pyridine rings is 1. The molecule has 2 N–H and O–H groups in total. The molecule has 1 saturated heterocycles. The average molecular weight is 345 g/mol. The van der Waals surface area contributed by atoms with Gasteiger partial charge in [-0.15, -0.1) is 0 Å². The van der Waals surface area contributed by atoms with Crippen molar-refractivity contribution in [3.8, 4) is 0 Å². The molecule has 1 aromatic heterocycles. The zero-order valence-corrected chi connectivity index (χ0v) is 13.5. The molecular weight excluding hydrogens is 323 g/mol. The Labute approximate surface area is 138 Å². The standard InChI is InChI=1S/C16H22F3N3O2/c1-11(6-9-23)21-15(24)12-4-3-8-22(10-12)14-13(16(17,18)19)5-2-7-20-14/h2,5,7,11-12,23H,3-4,6,8-10H2,1H3,(H,21,24). The number of rotatable bonds is 5. The molecule has 0 radical (unpaired) electrons. The number of nitrogens with zero attached hydrogens (tertiary/aromatic N) is 2. The van der Waals surface area contributed by atoms with Gasteiger partial charge in [0.15, 0.2) is 0 Å². The van der Waals surface area contributed by atoms with Crippen LogP contribution in [0.2, 0.25) is 0 Å². The summed E-state index contributed by atoms with van der Waals surface area (Å²) in [4.78, 5) is 17.7. The number of hydrogen-bond donors (Lipinski definition) is 2. The van der Waals surface area contributed by atoms with Gasteiger partial charge in [-0.1, -0.05) is 0 Å². The molecule has 1 fully saturated rings. The number of aromatic nitrogens is 1. The highest BCUT2D eigenvalue weighted by Gasteiger charge is 2.37. The van der Waals surface area contributed by atoms with E-state index in [0.29, 0.717) is 25.8 Å². The molecule has 134 valence electrons. The predicted octanol–water partition coefficient (Wildman–Crippen LogP) is 2.20. The Kier molecular flexibility index (Phi) is 6.04. The van der Waals surface area contributed by atoms with E-state index in [2.05, 4.69) is 10.3 Å². The molecule has 0 spiro atoms. The number of piperidine rings is 1. The second-order valence-corrected chi connectivity index (χ2v) is 6.08. The maximum Gasteiger partial charge on any atom is 0.419 e. The van der Waals surface area contributed by atoms with Gasteiger partial charge >= 0.3 is 6.18 Å². The van der Waals surface area contributed by atoms with Crippen molar-refractivity contribution in [2.45, 2.75) is 38.4 Å². The number of hydrogen-bond acceptors (Lipinski definition) is 4. The van der Waals surface area contributed by atoms with E-state index in [1.165, 1.54) is 17.2 Å². The van der Waals surface area contributed by atoms with Crippen LogP contribution in [0.1, 0.15) is 31.7 Å². The fraction of sp³-hybridized carbons (Fsp3) is 0.625. The summed E-state index contributed by atoms with van der Waals surface area (Å²) in [7, 11) is 0. The van der Waals surface area contributed by atoms with E-state index < -0.39 is 11.7 Å². The lowest BCUT2D eigenvalue weighted by molar-refractivity contribution is -0.137. The third-order valence-electron chi connectivity index (χ3n) is 4.13. The third kappa shape index (κ3) is 4.59. The molecule has 2 rings (SSSR count). The topological polar surface area (TPSA) is 65.5 Å². The van der Waals surface area contributed by atoms with Gasteiger partial charge in [0, 0.05) is 31.9 Å². The van der Waals surface area contributed by atoms with Gasteiger partial charge in [-0.05, 0) is 38.3 Å². The number of alkyl halides is 3. The molecular formula is C16H22F3N3O2. The molecule has 1 amide bonds. The number of carbonyl (C=O) groups is 1. The lowest BCUT2D eigenvalue weighted by Crippen LogP contribution is -2.46. The quantitative estimate of drug-likeness (QED) is 0.859. The van der Waals surface area contributed by atoms with Crippen LogP contribution in [0.5, 0.6) is 0 Å². The first-order chi connectivity index (χ1) is 11.3. The van der Waals surface area contributed by atoms with Gasteiger partial charge in [0.05, 0.1) is 11.5 Å². The van der Waals surface area contributed by atoms with E-state index in [-0.39, 0.29) is 36.8 Å². The van der Waals surface area contributed by atoms with Crippen molar-refractivity contribution in [2.24, 2.45) is 5.92 Å². The van der Waals surface area contributed by atoms with Crippen LogP contribution >= 0.6 is 0 Å². The number of aliphatic hydroxyl groups is 1. The van der Waals surface area contributed by atoms with Gasteiger partial charge in [0.25, 0.3) is 0 Å². The summed E-state index contributed by atoms with van der Waals surface area (Å²) >= 11 is 0. The Morgan fingerprint density at radius 1 is 1.54 bits per heavy atom. The van der Waals surface area contributed by atoms with Crippen molar-refractivity contribution >= 4 is 11.7 Å². The maximum atomic E-state index is 13.1. The molecule has 0 bridgehead atoms. The molecule has 8 heteroatoms. The molecule has 0 saturated carbocycles. The molecule has 2 unspecified atom stereocenters. The summed E-state index contributed by atoms with van der Waals surface area (Å²) in [5, 5.41) is 11.7. The van der Waals surface area contributed by atoms with E-state index in [1.807, 2.05) is 0 Å². The van der Waals surface area contributed by atoms with Crippen LogP contribution in [0.15, 0.2) is 18.3 Å². The summed E-state index contributed by atoms with van der Waals surface area (Å²) in [6.07, 6.45) is -1.45. The lowest BCUT2D eigenvalue weighted by Gasteiger charge is -2.34. The number of amides is 1. The summed E-state index contributed by atoms with van der Waals surface area (Å²) in [5.41, 5.74) is -0.778. The molecule has 1 aliphatic heterocycles. The lowest BCUT2D eigenvalue weighted by atomic mass is 9.96. The Balaban J connectivity index is 2.10. The molecule has 24 heavy (non-hydrogen) atoms. The number of anilines is 1.